The third-order valence-electron chi connectivity index (χ3n) is 9.90. The number of rotatable bonds is 7. The molecule has 0 N–H and O–H groups in total. The number of fused-ring (bicyclic) bond motifs is 2. The summed E-state index contributed by atoms with van der Waals surface area (Å²) in [5, 5.41) is 14.2. The number of nitrogens with zero attached hydrogens (tertiary/aromatic N) is 3. The number of para-hydroxylation sites is 1. The zero-order valence-electron chi connectivity index (χ0n) is 28.9. The van der Waals surface area contributed by atoms with Crippen LogP contribution in [0.5, 0.6) is 0 Å². The first-order chi connectivity index (χ1) is 26.2. The van der Waals surface area contributed by atoms with Crippen molar-refractivity contribution >= 4 is 38.7 Å². The number of pyridine rings is 1. The second-order valence-corrected chi connectivity index (χ2v) is 13.1. The maximum absolute atomic E-state index is 9.39. The number of hydrogen-bond acceptors (Lipinski definition) is 3. The van der Waals surface area contributed by atoms with Crippen LogP contribution in [0.25, 0.3) is 66.1 Å². The van der Waals surface area contributed by atoms with Gasteiger partial charge in [-0.2, -0.15) is 5.26 Å². The maximum atomic E-state index is 9.39. The molecule has 9 aromatic rings. The Balaban J connectivity index is 1.23. The molecule has 3 nitrogen and oxygen atoms in total. The predicted octanol–water partition coefficient (Wildman–Crippen LogP) is 13.4. The van der Waals surface area contributed by atoms with Crippen molar-refractivity contribution in [3.05, 3.63) is 206 Å². The van der Waals surface area contributed by atoms with Crippen molar-refractivity contribution in [1.82, 2.24) is 4.98 Å². The van der Waals surface area contributed by atoms with Gasteiger partial charge in [0.25, 0.3) is 0 Å². The fourth-order valence-electron chi connectivity index (χ4n) is 7.47. The number of aromatic nitrogens is 1. The molecule has 0 spiro atoms. The Kier molecular flexibility index (Phi) is 8.25. The molecule has 0 saturated heterocycles. The van der Waals surface area contributed by atoms with E-state index in [-0.39, 0.29) is 0 Å². The Labute approximate surface area is 309 Å². The summed E-state index contributed by atoms with van der Waals surface area (Å²) in [6.45, 7) is 0. The van der Waals surface area contributed by atoms with Gasteiger partial charge in [0.1, 0.15) is 11.9 Å². The zero-order chi connectivity index (χ0) is 35.6. The molecule has 3 heteroatoms. The van der Waals surface area contributed by atoms with Gasteiger partial charge in [-0.3, -0.25) is 4.90 Å². The van der Waals surface area contributed by atoms with Crippen molar-refractivity contribution in [2.75, 3.05) is 4.90 Å². The quantitative estimate of drug-likeness (QED) is 0.158. The van der Waals surface area contributed by atoms with E-state index < -0.39 is 0 Å². The SMILES string of the molecule is N#Cc1ccc(N(c2ccccc2)c2ccc(-c3c4ccccc4c(-c4cc(-c5ccccc5)cc(-c5ccccc5)c4)c4ccccc34)cc2)nc1. The molecule has 1 heterocycles. The van der Waals surface area contributed by atoms with E-state index in [0.717, 1.165) is 22.8 Å². The third-order valence-corrected chi connectivity index (χ3v) is 9.90. The smallest absolute Gasteiger partial charge is 0.137 e. The van der Waals surface area contributed by atoms with E-state index in [1.807, 2.05) is 30.3 Å². The van der Waals surface area contributed by atoms with E-state index >= 15 is 0 Å². The van der Waals surface area contributed by atoms with Crippen molar-refractivity contribution in [2.45, 2.75) is 0 Å². The lowest BCUT2D eigenvalue weighted by molar-refractivity contribution is 1.17. The van der Waals surface area contributed by atoms with E-state index in [9.17, 15) is 5.26 Å². The van der Waals surface area contributed by atoms with Gasteiger partial charge in [-0.15, -0.1) is 0 Å². The van der Waals surface area contributed by atoms with Gasteiger partial charge in [-0.25, -0.2) is 4.98 Å². The van der Waals surface area contributed by atoms with Crippen molar-refractivity contribution < 1.29 is 0 Å². The summed E-state index contributed by atoms with van der Waals surface area (Å²) in [6, 6.07) is 70.8. The Bertz CT molecular complexity index is 2640. The summed E-state index contributed by atoms with van der Waals surface area (Å²) in [4.78, 5) is 6.78. The summed E-state index contributed by atoms with van der Waals surface area (Å²) >= 11 is 0. The van der Waals surface area contributed by atoms with Crippen LogP contribution in [0.4, 0.5) is 17.2 Å². The van der Waals surface area contributed by atoms with Crippen molar-refractivity contribution in [3.8, 4) is 50.6 Å². The first kappa shape index (κ1) is 31.7. The average Bonchev–Trinajstić information content (AvgIpc) is 3.24. The van der Waals surface area contributed by atoms with Crippen LogP contribution in [0.2, 0.25) is 0 Å². The molecule has 0 aliphatic carbocycles. The Morgan fingerprint density at radius 1 is 0.377 bits per heavy atom. The summed E-state index contributed by atoms with van der Waals surface area (Å²) < 4.78 is 0. The van der Waals surface area contributed by atoms with Crippen LogP contribution in [-0.2, 0) is 0 Å². The second kappa shape index (κ2) is 13.8. The molecule has 0 aliphatic heterocycles. The van der Waals surface area contributed by atoms with Crippen molar-refractivity contribution in [3.63, 3.8) is 0 Å². The van der Waals surface area contributed by atoms with E-state index in [0.29, 0.717) is 5.56 Å². The molecule has 0 amide bonds. The third kappa shape index (κ3) is 5.99. The number of nitriles is 1. The highest BCUT2D eigenvalue weighted by molar-refractivity contribution is 6.21. The van der Waals surface area contributed by atoms with Crippen molar-refractivity contribution in [2.24, 2.45) is 0 Å². The molecule has 9 rings (SSSR count). The number of hydrogen-bond donors (Lipinski definition) is 0. The van der Waals surface area contributed by atoms with Gasteiger partial charge >= 0.3 is 0 Å². The van der Waals surface area contributed by atoms with Gasteiger partial charge in [0, 0.05) is 17.6 Å². The molecule has 0 unspecified atom stereocenters. The number of benzene rings is 8. The molecule has 0 bridgehead atoms. The van der Waals surface area contributed by atoms with Crippen molar-refractivity contribution in [1.29, 1.82) is 5.26 Å². The van der Waals surface area contributed by atoms with E-state index in [1.165, 1.54) is 60.5 Å². The first-order valence-electron chi connectivity index (χ1n) is 17.8. The first-order valence-corrected chi connectivity index (χ1v) is 17.8. The molecular weight excluding hydrogens is 643 g/mol. The Morgan fingerprint density at radius 2 is 0.811 bits per heavy atom. The summed E-state index contributed by atoms with van der Waals surface area (Å²) in [7, 11) is 0. The van der Waals surface area contributed by atoms with E-state index in [2.05, 4.69) is 180 Å². The average molecular weight is 676 g/mol. The minimum atomic E-state index is 0.530. The fourth-order valence-corrected chi connectivity index (χ4v) is 7.47. The number of anilines is 3. The fraction of sp³-hybridized carbons (Fsp3) is 0. The highest BCUT2D eigenvalue weighted by atomic mass is 15.2. The summed E-state index contributed by atoms with van der Waals surface area (Å²) in [5.41, 5.74) is 12.0. The standard InChI is InChI=1S/C50H33N3/c51-33-35-24-29-48(52-34-35)53(42-18-8-3-9-19-42)43-27-25-38(26-28-43)49-44-20-10-12-22-46(44)50(47-23-13-11-21-45(47)49)41-31-39(36-14-4-1-5-15-36)30-40(32-41)37-16-6-2-7-17-37/h1-32,34H. The Hall–Kier alpha value is -7.28. The molecule has 53 heavy (non-hydrogen) atoms. The van der Waals surface area contributed by atoms with Crippen LogP contribution in [0.1, 0.15) is 5.56 Å². The van der Waals surface area contributed by atoms with Crippen LogP contribution in [0, 0.1) is 11.3 Å². The van der Waals surface area contributed by atoms with Crippen LogP contribution in [0.3, 0.4) is 0 Å². The lowest BCUT2D eigenvalue weighted by atomic mass is 9.84. The minimum Gasteiger partial charge on any atom is -0.295 e. The summed E-state index contributed by atoms with van der Waals surface area (Å²) in [5.74, 6) is 0.746. The van der Waals surface area contributed by atoms with E-state index in [1.54, 1.807) is 6.20 Å². The second-order valence-electron chi connectivity index (χ2n) is 13.1. The van der Waals surface area contributed by atoms with Gasteiger partial charge in [-0.1, -0.05) is 140 Å². The molecule has 0 fully saturated rings. The van der Waals surface area contributed by atoms with Crippen LogP contribution < -0.4 is 4.90 Å². The largest absolute Gasteiger partial charge is 0.295 e. The van der Waals surface area contributed by atoms with Crippen LogP contribution in [-0.4, -0.2) is 4.98 Å². The monoisotopic (exact) mass is 675 g/mol. The molecule has 1 aromatic heterocycles. The lowest BCUT2D eigenvalue weighted by Gasteiger charge is -2.24. The van der Waals surface area contributed by atoms with Gasteiger partial charge in [0.05, 0.1) is 5.56 Å². The van der Waals surface area contributed by atoms with Gasteiger partial charge in [0.15, 0.2) is 0 Å². The summed E-state index contributed by atoms with van der Waals surface area (Å²) in [6.07, 6.45) is 1.62. The normalized spacial score (nSPS) is 11.0. The predicted molar refractivity (Wildman–Crippen MR) is 220 cm³/mol. The molecule has 0 aliphatic rings. The van der Waals surface area contributed by atoms with Gasteiger partial charge in [-0.05, 0) is 121 Å². The Morgan fingerprint density at radius 3 is 1.28 bits per heavy atom. The van der Waals surface area contributed by atoms with Gasteiger partial charge < -0.3 is 0 Å². The highest BCUT2D eigenvalue weighted by Gasteiger charge is 2.19. The molecule has 0 saturated carbocycles. The topological polar surface area (TPSA) is 39.9 Å². The maximum Gasteiger partial charge on any atom is 0.137 e. The molecule has 0 radical (unpaired) electrons. The molecular formula is C50H33N3. The minimum absolute atomic E-state index is 0.530. The highest BCUT2D eigenvalue weighted by Crippen LogP contribution is 2.46. The molecule has 248 valence electrons. The van der Waals surface area contributed by atoms with Crippen LogP contribution >= 0.6 is 0 Å². The molecule has 8 aromatic carbocycles. The van der Waals surface area contributed by atoms with Crippen LogP contribution in [0.15, 0.2) is 200 Å². The lowest BCUT2D eigenvalue weighted by Crippen LogP contribution is -2.11. The molecule has 0 atom stereocenters. The van der Waals surface area contributed by atoms with E-state index in [4.69, 9.17) is 0 Å². The van der Waals surface area contributed by atoms with Gasteiger partial charge in [0.2, 0.25) is 0 Å². The zero-order valence-corrected chi connectivity index (χ0v) is 28.9.